The summed E-state index contributed by atoms with van der Waals surface area (Å²) in [4.78, 5) is 29.4. The van der Waals surface area contributed by atoms with Gasteiger partial charge in [-0.1, -0.05) is 0 Å². The number of carbonyl (C=O) groups excluding carboxylic acids is 2. The van der Waals surface area contributed by atoms with E-state index in [1.54, 1.807) is 48.8 Å². The number of carbonyl (C=O) groups is 2. The number of fused-ring (bicyclic) bond motifs is 1. The quantitative estimate of drug-likeness (QED) is 0.513. The Balaban J connectivity index is 1.60. The Morgan fingerprint density at radius 3 is 2.70 bits per heavy atom. The SMILES string of the molecule is CCOC(=O)c1cnn(C)c1C(=O)Nc1ccn2cc(-c3ccc(F)cc3)nc2c1. The van der Waals surface area contributed by atoms with Crippen LogP contribution >= 0.6 is 0 Å². The van der Waals surface area contributed by atoms with Gasteiger partial charge < -0.3 is 14.5 Å². The zero-order valence-electron chi connectivity index (χ0n) is 16.3. The van der Waals surface area contributed by atoms with Crippen molar-refractivity contribution in [1.82, 2.24) is 19.2 Å². The summed E-state index contributed by atoms with van der Waals surface area (Å²) in [6, 6.07) is 9.46. The van der Waals surface area contributed by atoms with Crippen molar-refractivity contribution >= 4 is 23.2 Å². The highest BCUT2D eigenvalue weighted by Crippen LogP contribution is 2.22. The number of rotatable bonds is 5. The Hall–Kier alpha value is -4.01. The molecule has 0 radical (unpaired) electrons. The lowest BCUT2D eigenvalue weighted by molar-refractivity contribution is 0.0523. The zero-order chi connectivity index (χ0) is 21.3. The second-order valence-electron chi connectivity index (χ2n) is 6.52. The summed E-state index contributed by atoms with van der Waals surface area (Å²) in [5, 5.41) is 6.75. The smallest absolute Gasteiger partial charge is 0.342 e. The molecule has 9 heteroatoms. The van der Waals surface area contributed by atoms with Crippen molar-refractivity contribution in [2.45, 2.75) is 6.92 Å². The molecule has 8 nitrogen and oxygen atoms in total. The van der Waals surface area contributed by atoms with Crippen LogP contribution in [0.25, 0.3) is 16.9 Å². The maximum atomic E-state index is 13.1. The number of nitrogens with zero attached hydrogens (tertiary/aromatic N) is 4. The lowest BCUT2D eigenvalue weighted by Crippen LogP contribution is -2.20. The molecular formula is C21H18FN5O3. The third-order valence-electron chi connectivity index (χ3n) is 4.51. The van der Waals surface area contributed by atoms with Crippen LogP contribution in [0.5, 0.6) is 0 Å². The Morgan fingerprint density at radius 1 is 1.20 bits per heavy atom. The predicted molar refractivity (Wildman–Crippen MR) is 108 cm³/mol. The minimum Gasteiger partial charge on any atom is -0.462 e. The number of benzene rings is 1. The van der Waals surface area contributed by atoms with E-state index in [4.69, 9.17) is 4.74 Å². The van der Waals surface area contributed by atoms with Gasteiger partial charge in [-0.2, -0.15) is 5.10 Å². The molecule has 152 valence electrons. The second kappa shape index (κ2) is 7.78. The molecule has 0 aliphatic carbocycles. The van der Waals surface area contributed by atoms with Crippen LogP contribution in [0.1, 0.15) is 27.8 Å². The molecule has 4 aromatic rings. The molecule has 1 amide bonds. The Morgan fingerprint density at radius 2 is 1.97 bits per heavy atom. The molecular weight excluding hydrogens is 389 g/mol. The summed E-state index contributed by atoms with van der Waals surface area (Å²) in [7, 11) is 1.57. The summed E-state index contributed by atoms with van der Waals surface area (Å²) >= 11 is 0. The lowest BCUT2D eigenvalue weighted by atomic mass is 10.2. The largest absolute Gasteiger partial charge is 0.462 e. The number of hydrogen-bond acceptors (Lipinski definition) is 5. The fourth-order valence-corrected chi connectivity index (χ4v) is 3.07. The number of ether oxygens (including phenoxy) is 1. The molecule has 1 N–H and O–H groups in total. The van der Waals surface area contributed by atoms with Crippen LogP contribution in [-0.2, 0) is 11.8 Å². The van der Waals surface area contributed by atoms with Gasteiger partial charge in [0.05, 0.1) is 18.5 Å². The van der Waals surface area contributed by atoms with E-state index in [0.29, 0.717) is 17.0 Å². The van der Waals surface area contributed by atoms with Crippen LogP contribution in [-0.4, -0.2) is 37.6 Å². The van der Waals surface area contributed by atoms with E-state index in [2.05, 4.69) is 15.4 Å². The fourth-order valence-electron chi connectivity index (χ4n) is 3.07. The highest BCUT2D eigenvalue weighted by Gasteiger charge is 2.23. The van der Waals surface area contributed by atoms with Crippen molar-refractivity contribution in [3.8, 4) is 11.3 Å². The first-order chi connectivity index (χ1) is 14.5. The van der Waals surface area contributed by atoms with Crippen LogP contribution < -0.4 is 5.32 Å². The van der Waals surface area contributed by atoms with Crippen molar-refractivity contribution in [1.29, 1.82) is 0 Å². The number of pyridine rings is 1. The van der Waals surface area contributed by atoms with Gasteiger partial charge in [0, 0.05) is 36.8 Å². The van der Waals surface area contributed by atoms with Crippen LogP contribution in [0.4, 0.5) is 10.1 Å². The number of amides is 1. The molecule has 0 fully saturated rings. The van der Waals surface area contributed by atoms with E-state index in [1.807, 2.05) is 6.20 Å². The minimum atomic E-state index is -0.608. The Labute approximate surface area is 170 Å². The third-order valence-corrected chi connectivity index (χ3v) is 4.51. The fraction of sp³-hybridized carbons (Fsp3) is 0.143. The van der Waals surface area contributed by atoms with E-state index >= 15 is 0 Å². The summed E-state index contributed by atoms with van der Waals surface area (Å²) in [6.45, 7) is 1.88. The zero-order valence-corrected chi connectivity index (χ0v) is 16.3. The lowest BCUT2D eigenvalue weighted by Gasteiger charge is -2.08. The number of imidazole rings is 1. The maximum absolute atomic E-state index is 13.1. The van der Waals surface area contributed by atoms with E-state index in [1.165, 1.54) is 23.0 Å². The number of anilines is 1. The van der Waals surface area contributed by atoms with Crippen molar-refractivity contribution in [3.05, 3.63) is 72.1 Å². The Kier molecular flexibility index (Phi) is 5.01. The van der Waals surface area contributed by atoms with E-state index in [9.17, 15) is 14.0 Å². The number of nitrogens with one attached hydrogen (secondary N) is 1. The molecule has 1 aromatic carbocycles. The number of esters is 1. The average Bonchev–Trinajstić information content (AvgIpc) is 3.32. The standard InChI is InChI=1S/C21H18FN5O3/c1-3-30-21(29)16-11-23-26(2)19(16)20(28)24-15-8-9-27-12-17(25-18(27)10-15)13-4-6-14(22)7-5-13/h4-12H,3H2,1-2H3,(H,24,28). The molecule has 0 bridgehead atoms. The molecule has 0 saturated carbocycles. The first-order valence-corrected chi connectivity index (χ1v) is 9.21. The highest BCUT2D eigenvalue weighted by molar-refractivity contribution is 6.10. The van der Waals surface area contributed by atoms with Gasteiger partial charge in [-0.3, -0.25) is 9.48 Å². The van der Waals surface area contributed by atoms with Crippen molar-refractivity contribution in [2.75, 3.05) is 11.9 Å². The summed E-state index contributed by atoms with van der Waals surface area (Å²) in [6.07, 6.45) is 4.87. The second-order valence-corrected chi connectivity index (χ2v) is 6.52. The molecule has 0 aliphatic heterocycles. The summed E-state index contributed by atoms with van der Waals surface area (Å²) in [5.41, 5.74) is 2.75. The monoisotopic (exact) mass is 407 g/mol. The van der Waals surface area contributed by atoms with Gasteiger partial charge in [-0.25, -0.2) is 14.2 Å². The average molecular weight is 407 g/mol. The van der Waals surface area contributed by atoms with Crippen LogP contribution in [0.3, 0.4) is 0 Å². The molecule has 0 saturated heterocycles. The molecule has 0 unspecified atom stereocenters. The highest BCUT2D eigenvalue weighted by atomic mass is 19.1. The van der Waals surface area contributed by atoms with Gasteiger partial charge in [-0.05, 0) is 37.3 Å². The number of aryl methyl sites for hydroxylation is 1. The molecule has 3 heterocycles. The van der Waals surface area contributed by atoms with Crippen LogP contribution in [0, 0.1) is 5.82 Å². The van der Waals surface area contributed by atoms with Crippen molar-refractivity contribution in [3.63, 3.8) is 0 Å². The van der Waals surface area contributed by atoms with Crippen molar-refractivity contribution in [2.24, 2.45) is 7.05 Å². The maximum Gasteiger partial charge on any atom is 0.342 e. The van der Waals surface area contributed by atoms with Gasteiger partial charge in [0.15, 0.2) is 0 Å². The number of hydrogen-bond donors (Lipinski definition) is 1. The molecule has 3 aromatic heterocycles. The van der Waals surface area contributed by atoms with Gasteiger partial charge in [0.25, 0.3) is 5.91 Å². The molecule has 0 spiro atoms. The molecule has 0 atom stereocenters. The predicted octanol–water partition coefficient (Wildman–Crippen LogP) is 3.30. The van der Waals surface area contributed by atoms with Gasteiger partial charge in [0.2, 0.25) is 0 Å². The first-order valence-electron chi connectivity index (χ1n) is 9.21. The van der Waals surface area contributed by atoms with Gasteiger partial charge >= 0.3 is 5.97 Å². The first kappa shape index (κ1) is 19.3. The topological polar surface area (TPSA) is 90.5 Å². The van der Waals surface area contributed by atoms with Crippen LogP contribution in [0.15, 0.2) is 55.0 Å². The molecule has 30 heavy (non-hydrogen) atoms. The molecule has 0 aliphatic rings. The van der Waals surface area contributed by atoms with E-state index in [0.717, 1.165) is 5.56 Å². The van der Waals surface area contributed by atoms with E-state index < -0.39 is 11.9 Å². The molecule has 4 rings (SSSR count). The third kappa shape index (κ3) is 3.64. The van der Waals surface area contributed by atoms with Gasteiger partial charge in [0.1, 0.15) is 22.7 Å². The summed E-state index contributed by atoms with van der Waals surface area (Å²) < 4.78 is 21.2. The van der Waals surface area contributed by atoms with Crippen molar-refractivity contribution < 1.29 is 18.7 Å². The van der Waals surface area contributed by atoms with Gasteiger partial charge in [-0.15, -0.1) is 0 Å². The normalized spacial score (nSPS) is 10.9. The van der Waals surface area contributed by atoms with Crippen LogP contribution in [0.2, 0.25) is 0 Å². The van der Waals surface area contributed by atoms with E-state index in [-0.39, 0.29) is 23.7 Å². The number of halogens is 1. The minimum absolute atomic E-state index is 0.0948. The summed E-state index contributed by atoms with van der Waals surface area (Å²) in [5.74, 6) is -1.42. The number of aromatic nitrogens is 4. The Bertz CT molecular complexity index is 1240.